The Kier molecular flexibility index (Phi) is 34.8. The molecule has 0 bridgehead atoms. The van der Waals surface area contributed by atoms with Crippen molar-refractivity contribution in [2.45, 2.75) is 132 Å². The lowest BCUT2D eigenvalue weighted by atomic mass is 10.2. The van der Waals surface area contributed by atoms with Gasteiger partial charge in [0, 0.05) is 0 Å². The monoisotopic (exact) mass is 300 g/mol. The van der Waals surface area contributed by atoms with E-state index in [2.05, 4.69) is 48.5 Å². The average molecular weight is 301 g/mol. The van der Waals surface area contributed by atoms with Gasteiger partial charge in [-0.25, -0.2) is 0 Å². The van der Waals surface area contributed by atoms with Crippen LogP contribution in [0.1, 0.15) is 132 Å². The van der Waals surface area contributed by atoms with Crippen LogP contribution in [0.3, 0.4) is 0 Å². The fraction of sp³-hybridized carbons (Fsp3) is 1.00. The van der Waals surface area contributed by atoms with Gasteiger partial charge in [0.15, 0.2) is 0 Å². The molecule has 0 aromatic carbocycles. The standard InChI is InChI=1S/C6H14.C5H10.2C5H12/c1-3-5-6-4-2;1-2-4-5-3-1;1-4-5(2)3;1-3-5-4-2/h3-6H2,1-2H3;1-5H2;5H,4H2,1-3H3;3-5H2,1-2H3. The maximum absolute atomic E-state index is 2.23. The lowest BCUT2D eigenvalue weighted by Gasteiger charge is -1.90. The van der Waals surface area contributed by atoms with Gasteiger partial charge in [0.05, 0.1) is 0 Å². The van der Waals surface area contributed by atoms with Crippen LogP contribution in [0, 0.1) is 5.92 Å². The predicted octanol–water partition coefficient (Wildman–Crippen LogP) is 8.79. The van der Waals surface area contributed by atoms with E-state index < -0.39 is 0 Å². The summed E-state index contributed by atoms with van der Waals surface area (Å²) >= 11 is 0. The molecule has 1 fully saturated rings. The molecular formula is C21H48. The Bertz CT molecular complexity index is 108. The largest absolute Gasteiger partial charge is 0.0654 e. The van der Waals surface area contributed by atoms with Crippen molar-refractivity contribution < 1.29 is 0 Å². The maximum Gasteiger partial charge on any atom is -0.0474 e. The highest BCUT2D eigenvalue weighted by Gasteiger charge is 1.95. The second-order valence-electron chi connectivity index (χ2n) is 6.63. The molecular weight excluding hydrogens is 252 g/mol. The quantitative estimate of drug-likeness (QED) is 0.430. The van der Waals surface area contributed by atoms with Gasteiger partial charge in [-0.1, -0.05) is 132 Å². The summed E-state index contributed by atoms with van der Waals surface area (Å²) in [7, 11) is 0. The Morgan fingerprint density at radius 2 is 0.762 bits per heavy atom. The van der Waals surface area contributed by atoms with E-state index in [1.807, 2.05) is 0 Å². The third kappa shape index (κ3) is 45.0. The summed E-state index contributed by atoms with van der Waals surface area (Å²) in [4.78, 5) is 0. The van der Waals surface area contributed by atoms with Crippen LogP contribution < -0.4 is 0 Å². The van der Waals surface area contributed by atoms with Crippen molar-refractivity contribution in [1.29, 1.82) is 0 Å². The molecule has 132 valence electrons. The van der Waals surface area contributed by atoms with E-state index in [1.54, 1.807) is 0 Å². The molecule has 0 N–H and O–H groups in total. The van der Waals surface area contributed by atoms with Crippen LogP contribution in [0.25, 0.3) is 0 Å². The summed E-state index contributed by atoms with van der Waals surface area (Å²) in [5, 5.41) is 0. The molecule has 0 unspecified atom stereocenters. The molecule has 0 heterocycles. The number of hydrogen-bond donors (Lipinski definition) is 0. The van der Waals surface area contributed by atoms with Crippen LogP contribution in [0.5, 0.6) is 0 Å². The van der Waals surface area contributed by atoms with Gasteiger partial charge < -0.3 is 0 Å². The molecule has 1 saturated carbocycles. The molecule has 21 heavy (non-hydrogen) atoms. The first-order valence-corrected chi connectivity index (χ1v) is 10.1. The molecule has 0 saturated heterocycles. The fourth-order valence-electron chi connectivity index (χ4n) is 1.74. The van der Waals surface area contributed by atoms with Gasteiger partial charge in [0.1, 0.15) is 0 Å². The van der Waals surface area contributed by atoms with Gasteiger partial charge in [-0.15, -0.1) is 0 Å². The minimum Gasteiger partial charge on any atom is -0.0654 e. The van der Waals surface area contributed by atoms with Crippen LogP contribution in [0.15, 0.2) is 0 Å². The van der Waals surface area contributed by atoms with Crippen molar-refractivity contribution in [2.24, 2.45) is 5.92 Å². The van der Waals surface area contributed by atoms with E-state index in [0.717, 1.165) is 5.92 Å². The van der Waals surface area contributed by atoms with Crippen LogP contribution in [-0.2, 0) is 0 Å². The maximum atomic E-state index is 2.23. The molecule has 0 aromatic rings. The highest BCUT2D eigenvalue weighted by Crippen LogP contribution is 2.15. The Balaban J connectivity index is -0.000000206. The van der Waals surface area contributed by atoms with E-state index in [0.29, 0.717) is 0 Å². The van der Waals surface area contributed by atoms with Gasteiger partial charge in [-0.05, 0) is 5.92 Å². The molecule has 0 amide bonds. The lowest BCUT2D eigenvalue weighted by Crippen LogP contribution is -1.77. The van der Waals surface area contributed by atoms with Crippen molar-refractivity contribution in [2.75, 3.05) is 0 Å². The fourth-order valence-corrected chi connectivity index (χ4v) is 1.74. The SMILES string of the molecule is C1CCCC1.CCC(C)C.CCCCC.CCCCCC. The molecule has 0 radical (unpaired) electrons. The first kappa shape index (κ1) is 25.9. The van der Waals surface area contributed by atoms with Crippen LogP contribution in [0.2, 0.25) is 0 Å². The minimum absolute atomic E-state index is 0.884. The van der Waals surface area contributed by atoms with Crippen LogP contribution in [0.4, 0.5) is 0 Å². The smallest absolute Gasteiger partial charge is 0.0474 e. The zero-order valence-electron chi connectivity index (χ0n) is 16.8. The summed E-state index contributed by atoms with van der Waals surface area (Å²) in [5.74, 6) is 0.884. The van der Waals surface area contributed by atoms with Crippen molar-refractivity contribution in [3.05, 3.63) is 0 Å². The molecule has 0 aromatic heterocycles. The van der Waals surface area contributed by atoms with E-state index in [9.17, 15) is 0 Å². The van der Waals surface area contributed by atoms with E-state index >= 15 is 0 Å². The molecule has 0 aliphatic heterocycles. The highest BCUT2D eigenvalue weighted by molar-refractivity contribution is 4.51. The third-order valence-corrected chi connectivity index (χ3v) is 3.73. The third-order valence-electron chi connectivity index (χ3n) is 3.73. The van der Waals surface area contributed by atoms with Crippen LogP contribution in [-0.4, -0.2) is 0 Å². The average Bonchev–Trinajstić information content (AvgIpc) is 3.06. The summed E-state index contributed by atoms with van der Waals surface area (Å²) in [6, 6.07) is 0. The van der Waals surface area contributed by atoms with Crippen molar-refractivity contribution in [1.82, 2.24) is 0 Å². The first-order chi connectivity index (χ1) is 10.1. The van der Waals surface area contributed by atoms with Crippen molar-refractivity contribution in [3.63, 3.8) is 0 Å². The van der Waals surface area contributed by atoms with E-state index in [4.69, 9.17) is 0 Å². The molecule has 0 heteroatoms. The number of hydrogen-bond acceptors (Lipinski definition) is 0. The number of rotatable bonds is 6. The molecule has 1 aliphatic carbocycles. The zero-order chi connectivity index (χ0) is 16.8. The Labute approximate surface area is 138 Å². The van der Waals surface area contributed by atoms with E-state index in [-0.39, 0.29) is 0 Å². The molecule has 0 nitrogen and oxygen atoms in total. The Morgan fingerprint density at radius 3 is 0.857 bits per heavy atom. The van der Waals surface area contributed by atoms with Crippen molar-refractivity contribution in [3.8, 4) is 0 Å². The molecule has 1 rings (SSSR count). The highest BCUT2D eigenvalue weighted by atomic mass is 14.0. The van der Waals surface area contributed by atoms with Gasteiger partial charge in [0.25, 0.3) is 0 Å². The summed E-state index contributed by atoms with van der Waals surface area (Å²) in [5.41, 5.74) is 0. The molecule has 0 spiro atoms. The number of unbranched alkanes of at least 4 members (excludes halogenated alkanes) is 5. The van der Waals surface area contributed by atoms with Gasteiger partial charge in [0.2, 0.25) is 0 Å². The molecule has 0 atom stereocenters. The summed E-state index contributed by atoms with van der Waals surface area (Å²) in [6.45, 7) is 15.5. The summed E-state index contributed by atoms with van der Waals surface area (Å²) in [6.07, 6.45) is 18.4. The van der Waals surface area contributed by atoms with E-state index in [1.165, 1.54) is 83.5 Å². The normalized spacial score (nSPS) is 12.6. The second kappa shape index (κ2) is 28.2. The van der Waals surface area contributed by atoms with Gasteiger partial charge in [-0.2, -0.15) is 0 Å². The lowest BCUT2D eigenvalue weighted by molar-refractivity contribution is 0.626. The molecule has 1 aliphatic rings. The predicted molar refractivity (Wildman–Crippen MR) is 103 cm³/mol. The van der Waals surface area contributed by atoms with Gasteiger partial charge >= 0.3 is 0 Å². The van der Waals surface area contributed by atoms with Crippen molar-refractivity contribution >= 4 is 0 Å². The Morgan fingerprint density at radius 1 is 0.524 bits per heavy atom. The topological polar surface area (TPSA) is 0 Å². The summed E-state index contributed by atoms with van der Waals surface area (Å²) < 4.78 is 0. The minimum atomic E-state index is 0.884. The zero-order valence-corrected chi connectivity index (χ0v) is 16.8. The van der Waals surface area contributed by atoms with Crippen LogP contribution >= 0.6 is 0 Å². The first-order valence-electron chi connectivity index (χ1n) is 10.1. The Hall–Kier alpha value is 0. The van der Waals surface area contributed by atoms with Gasteiger partial charge in [-0.3, -0.25) is 0 Å². The second-order valence-corrected chi connectivity index (χ2v) is 6.63.